The molecule has 0 atom stereocenters. The maximum absolute atomic E-state index is 12.1. The van der Waals surface area contributed by atoms with Crippen molar-refractivity contribution >= 4 is 17.6 Å². The maximum atomic E-state index is 12.1. The van der Waals surface area contributed by atoms with Crippen LogP contribution in [0.25, 0.3) is 0 Å². The minimum Gasteiger partial charge on any atom is -0.496 e. The molecule has 0 saturated carbocycles. The average molecular weight is 313 g/mol. The van der Waals surface area contributed by atoms with Gasteiger partial charge in [-0.3, -0.25) is 4.79 Å². The van der Waals surface area contributed by atoms with Gasteiger partial charge in [-0.05, 0) is 48.4 Å². The number of rotatable bonds is 5. The molecule has 0 aliphatic rings. The molecular formula is C18H19NO4. The molecule has 2 aromatic rings. The number of carbonyl (C=O) groups excluding carboxylic acids is 2. The van der Waals surface area contributed by atoms with Crippen LogP contribution >= 0.6 is 0 Å². The minimum atomic E-state index is -0.406. The number of esters is 1. The molecule has 0 fully saturated rings. The lowest BCUT2D eigenvalue weighted by Crippen LogP contribution is -2.14. The highest BCUT2D eigenvalue weighted by Crippen LogP contribution is 2.19. The van der Waals surface area contributed by atoms with Crippen LogP contribution in [0.15, 0.2) is 42.5 Å². The lowest BCUT2D eigenvalue weighted by molar-refractivity contribution is -0.115. The Kier molecular flexibility index (Phi) is 5.36. The fraction of sp³-hybridized carbons (Fsp3) is 0.222. The molecule has 5 heteroatoms. The largest absolute Gasteiger partial charge is 0.496 e. The Morgan fingerprint density at radius 3 is 2.30 bits per heavy atom. The zero-order valence-corrected chi connectivity index (χ0v) is 13.4. The summed E-state index contributed by atoms with van der Waals surface area (Å²) in [5, 5.41) is 2.80. The monoisotopic (exact) mass is 313 g/mol. The summed E-state index contributed by atoms with van der Waals surface area (Å²) < 4.78 is 9.83. The third kappa shape index (κ3) is 4.32. The van der Waals surface area contributed by atoms with Gasteiger partial charge in [-0.2, -0.15) is 0 Å². The van der Waals surface area contributed by atoms with Crippen molar-refractivity contribution in [2.24, 2.45) is 0 Å². The fourth-order valence-corrected chi connectivity index (χ4v) is 2.25. The average Bonchev–Trinajstić information content (AvgIpc) is 2.55. The van der Waals surface area contributed by atoms with Crippen molar-refractivity contribution in [3.05, 3.63) is 59.2 Å². The number of aryl methyl sites for hydroxylation is 1. The van der Waals surface area contributed by atoms with Crippen LogP contribution in [-0.2, 0) is 16.0 Å². The van der Waals surface area contributed by atoms with Crippen LogP contribution in [0.5, 0.6) is 5.75 Å². The van der Waals surface area contributed by atoms with E-state index in [-0.39, 0.29) is 12.3 Å². The first kappa shape index (κ1) is 16.5. The predicted molar refractivity (Wildman–Crippen MR) is 87.8 cm³/mol. The van der Waals surface area contributed by atoms with Crippen LogP contribution in [0, 0.1) is 6.92 Å². The van der Waals surface area contributed by atoms with E-state index in [1.165, 1.54) is 7.11 Å². The van der Waals surface area contributed by atoms with Gasteiger partial charge in [0.15, 0.2) is 0 Å². The number of hydrogen-bond acceptors (Lipinski definition) is 4. The molecule has 2 rings (SSSR count). The van der Waals surface area contributed by atoms with Gasteiger partial charge in [-0.25, -0.2) is 4.79 Å². The second kappa shape index (κ2) is 7.45. The normalized spacial score (nSPS) is 10.0. The van der Waals surface area contributed by atoms with Crippen molar-refractivity contribution in [3.8, 4) is 5.75 Å². The Bertz CT molecular complexity index is 707. The summed E-state index contributed by atoms with van der Waals surface area (Å²) in [6.07, 6.45) is 0.267. The van der Waals surface area contributed by atoms with Crippen molar-refractivity contribution in [2.75, 3.05) is 19.5 Å². The highest BCUT2D eigenvalue weighted by Gasteiger charge is 2.08. The van der Waals surface area contributed by atoms with E-state index in [2.05, 4.69) is 10.1 Å². The summed E-state index contributed by atoms with van der Waals surface area (Å²) in [6, 6.07) is 12.2. The topological polar surface area (TPSA) is 64.6 Å². The van der Waals surface area contributed by atoms with E-state index >= 15 is 0 Å². The first-order valence-corrected chi connectivity index (χ1v) is 7.15. The number of methoxy groups -OCH3 is 2. The smallest absolute Gasteiger partial charge is 0.337 e. The minimum absolute atomic E-state index is 0.125. The Morgan fingerprint density at radius 2 is 1.74 bits per heavy atom. The van der Waals surface area contributed by atoms with Gasteiger partial charge in [0.25, 0.3) is 0 Å². The molecule has 23 heavy (non-hydrogen) atoms. The number of anilines is 1. The molecule has 120 valence electrons. The number of hydrogen-bond donors (Lipinski definition) is 1. The lowest BCUT2D eigenvalue weighted by atomic mass is 10.1. The Balaban J connectivity index is 1.99. The zero-order valence-electron chi connectivity index (χ0n) is 13.4. The van der Waals surface area contributed by atoms with E-state index < -0.39 is 5.97 Å². The van der Waals surface area contributed by atoms with Crippen molar-refractivity contribution in [1.29, 1.82) is 0 Å². The molecule has 1 N–H and O–H groups in total. The second-order valence-corrected chi connectivity index (χ2v) is 5.10. The van der Waals surface area contributed by atoms with E-state index in [4.69, 9.17) is 4.74 Å². The molecule has 0 aromatic heterocycles. The standard InChI is InChI=1S/C18H19NO4/c1-12-10-13(4-9-16(12)22-2)11-17(20)19-15-7-5-14(6-8-15)18(21)23-3/h4-10H,11H2,1-3H3,(H,19,20). The third-order valence-corrected chi connectivity index (χ3v) is 3.41. The lowest BCUT2D eigenvalue weighted by Gasteiger charge is -2.09. The van der Waals surface area contributed by atoms with Crippen LogP contribution in [0.2, 0.25) is 0 Å². The van der Waals surface area contributed by atoms with Gasteiger partial charge in [0.05, 0.1) is 26.2 Å². The van der Waals surface area contributed by atoms with Crippen LogP contribution < -0.4 is 10.1 Å². The molecular weight excluding hydrogens is 294 g/mol. The maximum Gasteiger partial charge on any atom is 0.337 e. The molecule has 0 aliphatic heterocycles. The van der Waals surface area contributed by atoms with E-state index in [1.807, 2.05) is 25.1 Å². The van der Waals surface area contributed by atoms with Crippen molar-refractivity contribution < 1.29 is 19.1 Å². The van der Waals surface area contributed by atoms with Crippen LogP contribution in [0.4, 0.5) is 5.69 Å². The molecule has 0 unspecified atom stereocenters. The van der Waals surface area contributed by atoms with Gasteiger partial charge in [-0.1, -0.05) is 12.1 Å². The van der Waals surface area contributed by atoms with E-state index in [1.54, 1.807) is 31.4 Å². The molecule has 5 nitrogen and oxygen atoms in total. The van der Waals surface area contributed by atoms with Crippen LogP contribution in [-0.4, -0.2) is 26.1 Å². The van der Waals surface area contributed by atoms with Crippen molar-refractivity contribution in [1.82, 2.24) is 0 Å². The van der Waals surface area contributed by atoms with Gasteiger partial charge in [0.1, 0.15) is 5.75 Å². The van der Waals surface area contributed by atoms with Crippen LogP contribution in [0.1, 0.15) is 21.5 Å². The summed E-state index contributed by atoms with van der Waals surface area (Å²) in [6.45, 7) is 1.94. The SMILES string of the molecule is COC(=O)c1ccc(NC(=O)Cc2ccc(OC)c(C)c2)cc1. The Morgan fingerprint density at radius 1 is 1.04 bits per heavy atom. The molecule has 0 spiro atoms. The van der Waals surface area contributed by atoms with Crippen molar-refractivity contribution in [3.63, 3.8) is 0 Å². The Hall–Kier alpha value is -2.82. The summed E-state index contributed by atoms with van der Waals surface area (Å²) >= 11 is 0. The number of amides is 1. The summed E-state index contributed by atoms with van der Waals surface area (Å²) in [7, 11) is 2.95. The number of carbonyl (C=O) groups is 2. The zero-order chi connectivity index (χ0) is 16.8. The molecule has 0 saturated heterocycles. The first-order chi connectivity index (χ1) is 11.0. The Labute approximate surface area is 135 Å². The second-order valence-electron chi connectivity index (χ2n) is 5.10. The van der Waals surface area contributed by atoms with E-state index in [9.17, 15) is 9.59 Å². The van der Waals surface area contributed by atoms with Gasteiger partial charge in [0.2, 0.25) is 5.91 Å². The summed E-state index contributed by atoms with van der Waals surface area (Å²) in [4.78, 5) is 23.4. The van der Waals surface area contributed by atoms with Gasteiger partial charge in [0, 0.05) is 5.69 Å². The highest BCUT2D eigenvalue weighted by molar-refractivity contribution is 5.94. The molecule has 0 heterocycles. The highest BCUT2D eigenvalue weighted by atomic mass is 16.5. The molecule has 2 aromatic carbocycles. The third-order valence-electron chi connectivity index (χ3n) is 3.41. The quantitative estimate of drug-likeness (QED) is 0.862. The van der Waals surface area contributed by atoms with Gasteiger partial charge in [-0.15, -0.1) is 0 Å². The van der Waals surface area contributed by atoms with E-state index in [0.29, 0.717) is 11.3 Å². The van der Waals surface area contributed by atoms with Gasteiger partial charge >= 0.3 is 5.97 Å². The number of nitrogens with one attached hydrogen (secondary N) is 1. The molecule has 0 aliphatic carbocycles. The first-order valence-electron chi connectivity index (χ1n) is 7.15. The fourth-order valence-electron chi connectivity index (χ4n) is 2.25. The molecule has 1 amide bonds. The molecule has 0 radical (unpaired) electrons. The predicted octanol–water partition coefficient (Wildman–Crippen LogP) is 2.97. The molecule has 0 bridgehead atoms. The van der Waals surface area contributed by atoms with Gasteiger partial charge < -0.3 is 14.8 Å². The number of ether oxygens (including phenoxy) is 2. The summed E-state index contributed by atoms with van der Waals surface area (Å²) in [5.41, 5.74) is 2.97. The number of benzene rings is 2. The van der Waals surface area contributed by atoms with Crippen molar-refractivity contribution in [2.45, 2.75) is 13.3 Å². The summed E-state index contributed by atoms with van der Waals surface area (Å²) in [5.74, 6) is 0.268. The van der Waals surface area contributed by atoms with Crippen LogP contribution in [0.3, 0.4) is 0 Å². The van der Waals surface area contributed by atoms with E-state index in [0.717, 1.165) is 16.9 Å².